The van der Waals surface area contributed by atoms with Gasteiger partial charge < -0.3 is 5.32 Å². The molecule has 1 heterocycles. The van der Waals surface area contributed by atoms with Gasteiger partial charge in [-0.15, -0.1) is 0 Å². The molecule has 2 N–H and O–H groups in total. The Balaban J connectivity index is 1.92. The molecule has 0 spiro atoms. The fraction of sp³-hybridized carbons (Fsp3) is 0.294. The van der Waals surface area contributed by atoms with Crippen molar-refractivity contribution in [3.8, 4) is 0 Å². The number of hydrogen-bond acceptors (Lipinski definition) is 2. The lowest BCUT2D eigenvalue weighted by Gasteiger charge is -2.43. The molecule has 0 radical (unpaired) electrons. The van der Waals surface area contributed by atoms with Crippen LogP contribution in [0.3, 0.4) is 0 Å². The van der Waals surface area contributed by atoms with Crippen LogP contribution in [0.1, 0.15) is 24.1 Å². The standard InChI is InChI=1S/C17H20N2/c1-17(12-18-13-17)19-16(14-8-4-2-5-9-14)15-10-6-3-7-11-15/h2-11,16,18-19H,12-13H2,1H3. The fourth-order valence-corrected chi connectivity index (χ4v) is 2.60. The third kappa shape index (κ3) is 2.70. The normalized spacial score (nSPS) is 17.2. The van der Waals surface area contributed by atoms with Gasteiger partial charge in [-0.1, -0.05) is 60.7 Å². The average molecular weight is 252 g/mol. The van der Waals surface area contributed by atoms with Crippen LogP contribution in [0.4, 0.5) is 0 Å². The van der Waals surface area contributed by atoms with Crippen LogP contribution in [-0.2, 0) is 0 Å². The predicted molar refractivity (Wildman–Crippen MR) is 79.1 cm³/mol. The van der Waals surface area contributed by atoms with Gasteiger partial charge in [0.15, 0.2) is 0 Å². The first-order valence-corrected chi connectivity index (χ1v) is 6.85. The number of nitrogens with one attached hydrogen (secondary N) is 2. The Morgan fingerprint density at radius 3 is 1.74 bits per heavy atom. The van der Waals surface area contributed by atoms with E-state index in [0.29, 0.717) is 0 Å². The van der Waals surface area contributed by atoms with Gasteiger partial charge in [-0.2, -0.15) is 0 Å². The van der Waals surface area contributed by atoms with E-state index in [9.17, 15) is 0 Å². The van der Waals surface area contributed by atoms with E-state index in [-0.39, 0.29) is 11.6 Å². The van der Waals surface area contributed by atoms with Crippen molar-refractivity contribution in [3.05, 3.63) is 71.8 Å². The monoisotopic (exact) mass is 252 g/mol. The highest BCUT2D eigenvalue weighted by Crippen LogP contribution is 2.25. The van der Waals surface area contributed by atoms with Crippen LogP contribution >= 0.6 is 0 Å². The molecule has 0 bridgehead atoms. The number of hydrogen-bond donors (Lipinski definition) is 2. The molecule has 0 atom stereocenters. The molecule has 2 aromatic rings. The fourth-order valence-electron chi connectivity index (χ4n) is 2.60. The van der Waals surface area contributed by atoms with E-state index < -0.39 is 0 Å². The maximum absolute atomic E-state index is 3.80. The Hall–Kier alpha value is -1.64. The molecular weight excluding hydrogens is 232 g/mol. The van der Waals surface area contributed by atoms with Crippen LogP contribution in [0.25, 0.3) is 0 Å². The summed E-state index contributed by atoms with van der Waals surface area (Å²) in [6, 6.07) is 21.6. The van der Waals surface area contributed by atoms with Gasteiger partial charge in [-0.25, -0.2) is 0 Å². The molecule has 1 aliphatic heterocycles. The first kappa shape index (κ1) is 12.4. The van der Waals surface area contributed by atoms with Crippen molar-refractivity contribution in [1.29, 1.82) is 0 Å². The van der Waals surface area contributed by atoms with Crippen molar-refractivity contribution in [2.24, 2.45) is 0 Å². The van der Waals surface area contributed by atoms with E-state index in [2.05, 4.69) is 78.2 Å². The SMILES string of the molecule is CC1(NC(c2ccccc2)c2ccccc2)CNC1. The predicted octanol–water partition coefficient (Wildman–Crippen LogP) is 2.73. The summed E-state index contributed by atoms with van der Waals surface area (Å²) in [5.41, 5.74) is 2.83. The van der Waals surface area contributed by atoms with Crippen LogP contribution in [0.2, 0.25) is 0 Å². The van der Waals surface area contributed by atoms with Gasteiger partial charge in [0.2, 0.25) is 0 Å². The number of benzene rings is 2. The average Bonchev–Trinajstić information content (AvgIpc) is 2.45. The molecule has 0 aromatic heterocycles. The van der Waals surface area contributed by atoms with Gasteiger partial charge in [0.25, 0.3) is 0 Å². The van der Waals surface area contributed by atoms with Crippen molar-refractivity contribution >= 4 is 0 Å². The van der Waals surface area contributed by atoms with Gasteiger partial charge in [0, 0.05) is 18.6 Å². The molecule has 1 fully saturated rings. The third-order valence-electron chi connectivity index (χ3n) is 3.79. The molecule has 2 aromatic carbocycles. The molecule has 0 unspecified atom stereocenters. The Morgan fingerprint density at radius 2 is 1.37 bits per heavy atom. The Labute approximate surface area is 114 Å². The van der Waals surface area contributed by atoms with E-state index >= 15 is 0 Å². The summed E-state index contributed by atoms with van der Waals surface area (Å²) < 4.78 is 0. The van der Waals surface area contributed by atoms with Crippen molar-refractivity contribution in [3.63, 3.8) is 0 Å². The topological polar surface area (TPSA) is 24.1 Å². The summed E-state index contributed by atoms with van der Waals surface area (Å²) in [5, 5.41) is 7.15. The van der Waals surface area contributed by atoms with Gasteiger partial charge in [0.05, 0.1) is 6.04 Å². The minimum Gasteiger partial charge on any atom is -0.313 e. The van der Waals surface area contributed by atoms with Crippen molar-refractivity contribution in [2.45, 2.75) is 18.5 Å². The summed E-state index contributed by atoms with van der Waals surface area (Å²) in [6.45, 7) is 4.34. The molecule has 98 valence electrons. The van der Waals surface area contributed by atoms with Crippen LogP contribution in [0, 0.1) is 0 Å². The lowest BCUT2D eigenvalue weighted by atomic mass is 9.90. The Bertz CT molecular complexity index is 478. The highest BCUT2D eigenvalue weighted by Gasteiger charge is 2.34. The second kappa shape index (κ2) is 5.16. The molecule has 19 heavy (non-hydrogen) atoms. The first-order chi connectivity index (χ1) is 9.27. The largest absolute Gasteiger partial charge is 0.313 e. The summed E-state index contributed by atoms with van der Waals surface area (Å²) in [6.07, 6.45) is 0. The van der Waals surface area contributed by atoms with E-state index in [1.54, 1.807) is 0 Å². The van der Waals surface area contributed by atoms with E-state index in [0.717, 1.165) is 13.1 Å². The van der Waals surface area contributed by atoms with Crippen molar-refractivity contribution < 1.29 is 0 Å². The lowest BCUT2D eigenvalue weighted by molar-refractivity contribution is 0.223. The molecule has 1 saturated heterocycles. The van der Waals surface area contributed by atoms with Gasteiger partial charge in [-0.3, -0.25) is 5.32 Å². The molecule has 0 saturated carbocycles. The zero-order chi connectivity index (χ0) is 13.1. The minimum atomic E-state index is 0.191. The van der Waals surface area contributed by atoms with Crippen LogP contribution in [0.15, 0.2) is 60.7 Å². The second-order valence-corrected chi connectivity index (χ2v) is 5.56. The first-order valence-electron chi connectivity index (χ1n) is 6.85. The summed E-state index contributed by atoms with van der Waals surface area (Å²) in [7, 11) is 0. The molecular formula is C17H20N2. The maximum Gasteiger partial charge on any atom is 0.0581 e. The van der Waals surface area contributed by atoms with Gasteiger partial charge in [-0.05, 0) is 18.1 Å². The van der Waals surface area contributed by atoms with Gasteiger partial charge >= 0.3 is 0 Å². The minimum absolute atomic E-state index is 0.191. The number of rotatable bonds is 4. The quantitative estimate of drug-likeness (QED) is 0.874. The zero-order valence-electron chi connectivity index (χ0n) is 11.3. The molecule has 2 heteroatoms. The van der Waals surface area contributed by atoms with E-state index in [1.807, 2.05) is 0 Å². The molecule has 0 amide bonds. The van der Waals surface area contributed by atoms with Crippen LogP contribution in [-0.4, -0.2) is 18.6 Å². The zero-order valence-corrected chi connectivity index (χ0v) is 11.3. The summed E-state index contributed by atoms with van der Waals surface area (Å²) in [4.78, 5) is 0. The van der Waals surface area contributed by atoms with E-state index in [4.69, 9.17) is 0 Å². The molecule has 3 rings (SSSR count). The highest BCUT2D eigenvalue weighted by molar-refractivity contribution is 5.32. The molecule has 2 nitrogen and oxygen atoms in total. The smallest absolute Gasteiger partial charge is 0.0581 e. The van der Waals surface area contributed by atoms with Crippen molar-refractivity contribution in [2.75, 3.05) is 13.1 Å². The highest BCUT2D eigenvalue weighted by atomic mass is 15.2. The van der Waals surface area contributed by atoms with E-state index in [1.165, 1.54) is 11.1 Å². The lowest BCUT2D eigenvalue weighted by Crippen LogP contribution is -2.66. The van der Waals surface area contributed by atoms with Crippen molar-refractivity contribution in [1.82, 2.24) is 10.6 Å². The molecule has 1 aliphatic rings. The third-order valence-corrected chi connectivity index (χ3v) is 3.79. The summed E-state index contributed by atoms with van der Waals surface area (Å²) in [5.74, 6) is 0. The van der Waals surface area contributed by atoms with Gasteiger partial charge in [0.1, 0.15) is 0 Å². The van der Waals surface area contributed by atoms with Crippen LogP contribution in [0.5, 0.6) is 0 Å². The van der Waals surface area contributed by atoms with Crippen LogP contribution < -0.4 is 10.6 Å². The second-order valence-electron chi connectivity index (χ2n) is 5.56. The summed E-state index contributed by atoms with van der Waals surface area (Å²) >= 11 is 0. The Kier molecular flexibility index (Phi) is 3.36. The molecule has 0 aliphatic carbocycles. The maximum atomic E-state index is 3.80. The Morgan fingerprint density at radius 1 is 0.895 bits per heavy atom.